The monoisotopic (exact) mass is 411 g/mol. The summed E-state index contributed by atoms with van der Waals surface area (Å²) in [5.41, 5.74) is 5.71. The number of morpholine rings is 1. The van der Waals surface area contributed by atoms with Gasteiger partial charge >= 0.3 is 0 Å². The third kappa shape index (κ3) is 5.15. The molecule has 0 radical (unpaired) electrons. The van der Waals surface area contributed by atoms with E-state index >= 15 is 0 Å². The summed E-state index contributed by atoms with van der Waals surface area (Å²) in [5.74, 6) is -0.395. The minimum atomic E-state index is -3.69. The lowest BCUT2D eigenvalue weighted by atomic mass is 9.94. The van der Waals surface area contributed by atoms with Crippen molar-refractivity contribution in [2.45, 2.75) is 37.1 Å². The maximum atomic E-state index is 12.8. The number of hydrogen-bond donors (Lipinski definition) is 2. The maximum Gasteiger partial charge on any atom is 0.262 e. The Morgan fingerprint density at radius 3 is 2.52 bits per heavy atom. The van der Waals surface area contributed by atoms with E-state index in [4.69, 9.17) is 10.5 Å². The Bertz CT molecular complexity index is 668. The van der Waals surface area contributed by atoms with Crippen LogP contribution in [0.2, 0.25) is 0 Å². The van der Waals surface area contributed by atoms with Crippen LogP contribution in [0.3, 0.4) is 0 Å². The van der Waals surface area contributed by atoms with E-state index in [1.54, 1.807) is 5.38 Å². The molecular weight excluding hydrogens is 386 g/mol. The van der Waals surface area contributed by atoms with Crippen LogP contribution in [0.15, 0.2) is 16.3 Å². The molecule has 0 aromatic carbocycles. The van der Waals surface area contributed by atoms with Gasteiger partial charge < -0.3 is 15.8 Å². The van der Waals surface area contributed by atoms with Gasteiger partial charge in [-0.1, -0.05) is 13.8 Å². The molecule has 1 aromatic heterocycles. The van der Waals surface area contributed by atoms with Crippen molar-refractivity contribution >= 4 is 39.7 Å². The molecule has 3 N–H and O–H groups in total. The van der Waals surface area contributed by atoms with Gasteiger partial charge in [0.05, 0.1) is 13.2 Å². The molecule has 1 aliphatic rings. The Morgan fingerprint density at radius 2 is 1.96 bits per heavy atom. The van der Waals surface area contributed by atoms with Crippen molar-refractivity contribution < 1.29 is 17.9 Å². The van der Waals surface area contributed by atoms with E-state index in [-0.39, 0.29) is 22.2 Å². The number of thiophene rings is 1. The lowest BCUT2D eigenvalue weighted by Gasteiger charge is -2.27. The minimum Gasteiger partial charge on any atom is -0.379 e. The smallest absolute Gasteiger partial charge is 0.262 e. The van der Waals surface area contributed by atoms with E-state index in [1.807, 2.05) is 13.8 Å². The number of hydrogen-bond acceptors (Lipinski definition) is 6. The van der Waals surface area contributed by atoms with Crippen molar-refractivity contribution in [1.82, 2.24) is 9.62 Å². The summed E-state index contributed by atoms with van der Waals surface area (Å²) in [4.78, 5) is 12.7. The molecule has 1 amide bonds. The predicted molar refractivity (Wildman–Crippen MR) is 101 cm³/mol. The third-order valence-corrected chi connectivity index (χ3v) is 7.42. The number of nitrogens with one attached hydrogen (secondary N) is 1. The highest BCUT2D eigenvalue weighted by atomic mass is 35.5. The molecule has 2 rings (SSSR count). The molecule has 0 saturated carbocycles. The lowest BCUT2D eigenvalue weighted by molar-refractivity contribution is 0.0730. The van der Waals surface area contributed by atoms with Crippen molar-refractivity contribution in [2.24, 2.45) is 5.73 Å². The molecule has 1 aromatic rings. The Labute approximate surface area is 159 Å². The third-order valence-electron chi connectivity index (χ3n) is 4.43. The highest BCUT2D eigenvalue weighted by Gasteiger charge is 2.31. The van der Waals surface area contributed by atoms with Crippen LogP contribution in [0.25, 0.3) is 0 Å². The van der Waals surface area contributed by atoms with Gasteiger partial charge in [-0.3, -0.25) is 4.79 Å². The Hall–Kier alpha value is -0.710. The molecule has 144 valence electrons. The fourth-order valence-electron chi connectivity index (χ4n) is 2.43. The minimum absolute atomic E-state index is 0. The molecule has 1 saturated heterocycles. The van der Waals surface area contributed by atoms with Gasteiger partial charge in [0.2, 0.25) is 10.0 Å². The number of nitrogens with two attached hydrogens (primary N) is 1. The van der Waals surface area contributed by atoms with E-state index in [0.29, 0.717) is 32.8 Å². The molecule has 0 spiro atoms. The fraction of sp³-hybridized carbons (Fsp3) is 0.667. The highest BCUT2D eigenvalue weighted by molar-refractivity contribution is 7.89. The van der Waals surface area contributed by atoms with Crippen LogP contribution in [0, 0.1) is 0 Å². The number of carbonyl (C=O) groups is 1. The number of sulfonamides is 1. The van der Waals surface area contributed by atoms with Gasteiger partial charge in [-0.05, 0) is 24.3 Å². The number of rotatable bonds is 7. The van der Waals surface area contributed by atoms with Crippen LogP contribution < -0.4 is 11.1 Å². The van der Waals surface area contributed by atoms with E-state index in [0.717, 1.165) is 24.2 Å². The Kier molecular flexibility index (Phi) is 8.30. The Balaban J connectivity index is 0.00000312. The van der Waals surface area contributed by atoms with E-state index in [9.17, 15) is 13.2 Å². The zero-order valence-corrected chi connectivity index (χ0v) is 16.9. The summed E-state index contributed by atoms with van der Waals surface area (Å²) in [6, 6.07) is 1.49. The van der Waals surface area contributed by atoms with E-state index in [1.165, 1.54) is 10.4 Å². The SMILES string of the molecule is CCC(N)(CC)CNC(=O)c1sccc1S(=O)(=O)N1CCOCC1.Cl. The first-order valence-electron chi connectivity index (χ1n) is 8.06. The van der Waals surface area contributed by atoms with Gasteiger partial charge in [0.25, 0.3) is 5.91 Å². The molecule has 2 heterocycles. The molecule has 1 aliphatic heterocycles. The number of nitrogens with zero attached hydrogens (tertiary/aromatic N) is 1. The van der Waals surface area contributed by atoms with Crippen LogP contribution in [0.4, 0.5) is 0 Å². The molecule has 25 heavy (non-hydrogen) atoms. The van der Waals surface area contributed by atoms with Crippen molar-refractivity contribution in [3.63, 3.8) is 0 Å². The molecule has 10 heteroatoms. The summed E-state index contributed by atoms with van der Waals surface area (Å²) >= 11 is 1.12. The van der Waals surface area contributed by atoms with Gasteiger partial charge in [-0.25, -0.2) is 8.42 Å². The fourth-order valence-corrected chi connectivity index (χ4v) is 5.15. The van der Waals surface area contributed by atoms with Gasteiger partial charge in [0.1, 0.15) is 9.77 Å². The van der Waals surface area contributed by atoms with Gasteiger partial charge in [-0.2, -0.15) is 4.31 Å². The predicted octanol–water partition coefficient (Wildman–Crippen LogP) is 1.44. The first kappa shape index (κ1) is 22.3. The number of carbonyl (C=O) groups excluding carboxylic acids is 1. The number of halogens is 1. The van der Waals surface area contributed by atoms with E-state index in [2.05, 4.69) is 5.32 Å². The van der Waals surface area contributed by atoms with Crippen molar-refractivity contribution in [1.29, 1.82) is 0 Å². The largest absolute Gasteiger partial charge is 0.379 e. The topological polar surface area (TPSA) is 102 Å². The average Bonchev–Trinajstić information content (AvgIpc) is 3.11. The molecular formula is C15H26ClN3O4S2. The molecule has 1 fully saturated rings. The Morgan fingerprint density at radius 1 is 1.36 bits per heavy atom. The van der Waals surface area contributed by atoms with Gasteiger partial charge in [0.15, 0.2) is 0 Å². The lowest BCUT2D eigenvalue weighted by Crippen LogP contribution is -2.49. The first-order chi connectivity index (χ1) is 11.3. The molecule has 0 bridgehead atoms. The standard InChI is InChI=1S/C15H25N3O4S2.ClH/c1-3-15(16,4-2)11-17-14(19)13-12(5-10-23-13)24(20,21)18-6-8-22-9-7-18;/h5,10H,3-4,6-9,11,16H2,1-2H3,(H,17,19);1H. The summed E-state index contributed by atoms with van der Waals surface area (Å²) in [6.07, 6.45) is 1.46. The maximum absolute atomic E-state index is 12.8. The van der Waals surface area contributed by atoms with Crippen LogP contribution in [0.1, 0.15) is 36.4 Å². The summed E-state index contributed by atoms with van der Waals surface area (Å²) in [7, 11) is -3.69. The van der Waals surface area contributed by atoms with Gasteiger partial charge in [-0.15, -0.1) is 23.7 Å². The summed E-state index contributed by atoms with van der Waals surface area (Å²) < 4.78 is 32.1. The zero-order chi connectivity index (χ0) is 17.8. The second-order valence-electron chi connectivity index (χ2n) is 5.88. The van der Waals surface area contributed by atoms with Crippen LogP contribution in [0.5, 0.6) is 0 Å². The summed E-state index contributed by atoms with van der Waals surface area (Å²) in [6.45, 7) is 5.59. The second-order valence-corrected chi connectivity index (χ2v) is 8.71. The molecule has 0 atom stereocenters. The van der Waals surface area contributed by atoms with Crippen molar-refractivity contribution in [3.05, 3.63) is 16.3 Å². The average molecular weight is 412 g/mol. The van der Waals surface area contributed by atoms with Crippen LogP contribution >= 0.6 is 23.7 Å². The molecule has 7 nitrogen and oxygen atoms in total. The van der Waals surface area contributed by atoms with Gasteiger partial charge in [0, 0.05) is 25.2 Å². The first-order valence-corrected chi connectivity index (χ1v) is 10.4. The van der Waals surface area contributed by atoms with E-state index < -0.39 is 21.5 Å². The van der Waals surface area contributed by atoms with Crippen molar-refractivity contribution in [2.75, 3.05) is 32.8 Å². The molecule has 0 aliphatic carbocycles. The number of ether oxygens (including phenoxy) is 1. The van der Waals surface area contributed by atoms with Crippen LogP contribution in [-0.4, -0.2) is 57.0 Å². The quantitative estimate of drug-likeness (QED) is 0.706. The second kappa shape index (κ2) is 9.29. The van der Waals surface area contributed by atoms with Crippen molar-refractivity contribution in [3.8, 4) is 0 Å². The number of amides is 1. The molecule has 0 unspecified atom stereocenters. The zero-order valence-electron chi connectivity index (χ0n) is 14.5. The normalized spacial score (nSPS) is 16.3. The van der Waals surface area contributed by atoms with Crippen LogP contribution in [-0.2, 0) is 14.8 Å². The summed E-state index contributed by atoms with van der Waals surface area (Å²) in [5, 5.41) is 4.40. The highest BCUT2D eigenvalue weighted by Crippen LogP contribution is 2.26.